The van der Waals surface area contributed by atoms with Crippen LogP contribution in [0.1, 0.15) is 61.4 Å². The van der Waals surface area contributed by atoms with Gasteiger partial charge in [0.1, 0.15) is 5.69 Å². The van der Waals surface area contributed by atoms with Gasteiger partial charge in [-0.05, 0) is 44.0 Å². The normalized spacial score (nSPS) is 16.0. The molecule has 1 saturated heterocycles. The Bertz CT molecular complexity index is 1350. The van der Waals surface area contributed by atoms with Crippen LogP contribution < -0.4 is 0 Å². The molecule has 3 aromatic heterocycles. The smallest absolute Gasteiger partial charge is 0.433 e. The van der Waals surface area contributed by atoms with Gasteiger partial charge in [-0.3, -0.25) is 19.5 Å². The second kappa shape index (κ2) is 12.4. The minimum absolute atomic E-state index is 0.0279. The Hall–Kier alpha value is -4.11. The Labute approximate surface area is 225 Å². The van der Waals surface area contributed by atoms with Crippen molar-refractivity contribution in [3.05, 3.63) is 59.3 Å². The number of carbonyl (C=O) groups is 3. The Morgan fingerprint density at radius 1 is 1.05 bits per heavy atom. The third-order valence-corrected chi connectivity index (χ3v) is 6.23. The van der Waals surface area contributed by atoms with Crippen molar-refractivity contribution in [2.75, 3.05) is 6.54 Å². The van der Waals surface area contributed by atoms with Gasteiger partial charge in [0.25, 0.3) is 0 Å². The minimum atomic E-state index is -4.47. The molecule has 1 unspecified atom stereocenters. The second-order valence-electron chi connectivity index (χ2n) is 9.25. The average molecular weight is 568 g/mol. The lowest BCUT2D eigenvalue weighted by molar-refractivity contribution is -0.170. The number of rotatable bonds is 9. The number of carboxylic acids is 3. The summed E-state index contributed by atoms with van der Waals surface area (Å²) in [7, 11) is 0. The predicted molar refractivity (Wildman–Crippen MR) is 131 cm³/mol. The van der Waals surface area contributed by atoms with E-state index >= 15 is 0 Å². The van der Waals surface area contributed by atoms with Gasteiger partial charge >= 0.3 is 24.1 Å². The van der Waals surface area contributed by atoms with Crippen molar-refractivity contribution >= 4 is 23.6 Å². The third kappa shape index (κ3) is 7.51. The summed E-state index contributed by atoms with van der Waals surface area (Å²) in [6.07, 6.45) is -2.74. The molecular weight excluding hydrogens is 539 g/mol. The lowest BCUT2D eigenvalue weighted by atomic mass is 9.96. The molecule has 0 radical (unpaired) electrons. The highest BCUT2D eigenvalue weighted by Gasteiger charge is 2.41. The molecule has 0 saturated carbocycles. The van der Waals surface area contributed by atoms with E-state index in [1.165, 1.54) is 0 Å². The molecule has 15 heteroatoms. The molecule has 1 fully saturated rings. The molecule has 4 N–H and O–H groups in total. The highest BCUT2D eigenvalue weighted by Crippen LogP contribution is 2.35. The molecular formula is C25H28F3N5O7. The van der Waals surface area contributed by atoms with Crippen molar-refractivity contribution in [2.45, 2.75) is 63.4 Å². The number of hydrogen-bond acceptors (Lipinski definition) is 8. The summed E-state index contributed by atoms with van der Waals surface area (Å²) in [6, 6.07) is 8.50. The summed E-state index contributed by atoms with van der Waals surface area (Å²) in [5, 5.41) is 38.1. The highest BCUT2D eigenvalue weighted by atomic mass is 19.4. The van der Waals surface area contributed by atoms with Gasteiger partial charge in [0.15, 0.2) is 11.2 Å². The monoisotopic (exact) mass is 567 g/mol. The first-order valence-corrected chi connectivity index (χ1v) is 12.2. The number of aromatic nitrogens is 4. The molecule has 40 heavy (non-hydrogen) atoms. The first-order chi connectivity index (χ1) is 18.7. The van der Waals surface area contributed by atoms with Crippen LogP contribution >= 0.6 is 0 Å². The van der Waals surface area contributed by atoms with Crippen LogP contribution in [-0.2, 0) is 33.5 Å². The molecule has 0 amide bonds. The van der Waals surface area contributed by atoms with Crippen LogP contribution in [0.15, 0.2) is 36.5 Å². The number of aliphatic hydroxyl groups is 1. The topological polar surface area (TPSA) is 178 Å². The van der Waals surface area contributed by atoms with Gasteiger partial charge < -0.3 is 20.4 Å². The van der Waals surface area contributed by atoms with E-state index in [1.807, 2.05) is 18.2 Å². The van der Waals surface area contributed by atoms with Crippen LogP contribution in [0.4, 0.5) is 13.2 Å². The molecule has 1 aliphatic heterocycles. The molecule has 4 rings (SSSR count). The fourth-order valence-electron chi connectivity index (χ4n) is 4.35. The van der Waals surface area contributed by atoms with Crippen molar-refractivity contribution in [3.63, 3.8) is 0 Å². The number of alkyl halides is 3. The van der Waals surface area contributed by atoms with Gasteiger partial charge in [-0.15, -0.1) is 0 Å². The molecule has 0 spiro atoms. The van der Waals surface area contributed by atoms with E-state index in [-0.39, 0.29) is 11.7 Å². The van der Waals surface area contributed by atoms with E-state index < -0.39 is 48.2 Å². The molecule has 1 aliphatic rings. The van der Waals surface area contributed by atoms with Crippen LogP contribution in [0.2, 0.25) is 0 Å². The third-order valence-electron chi connectivity index (χ3n) is 6.23. The number of nitrogens with zero attached hydrogens (tertiary/aromatic N) is 5. The van der Waals surface area contributed by atoms with E-state index in [0.29, 0.717) is 24.4 Å². The number of likely N-dealkylation sites (tertiary alicyclic amines) is 1. The standard InChI is InChI=1S/C19H20F3N5.C6H8O7/c1-2-13-10-17(19(20,21)22)27-18(24-13)11-15(25-27)16-7-5-9-26(16)12-14-6-3-4-8-23-14;7-3(8)1-6(13,5(11)12)2-4(9)10/h3-4,6,8,10-11,16H,2,5,7,9,12H2,1H3;13H,1-2H2,(H,7,8)(H,9,10)(H,11,12). The van der Waals surface area contributed by atoms with Crippen LogP contribution in [0.5, 0.6) is 0 Å². The summed E-state index contributed by atoms with van der Waals surface area (Å²) < 4.78 is 41.4. The van der Waals surface area contributed by atoms with Crippen LogP contribution in [0.25, 0.3) is 5.65 Å². The summed E-state index contributed by atoms with van der Waals surface area (Å²) in [4.78, 5) is 41.4. The number of aliphatic carboxylic acids is 3. The molecule has 1 atom stereocenters. The van der Waals surface area contributed by atoms with Gasteiger partial charge in [0.2, 0.25) is 0 Å². The van der Waals surface area contributed by atoms with Gasteiger partial charge in [-0.1, -0.05) is 13.0 Å². The maximum absolute atomic E-state index is 13.5. The van der Waals surface area contributed by atoms with Gasteiger partial charge in [-0.25, -0.2) is 14.3 Å². The minimum Gasteiger partial charge on any atom is -0.481 e. The van der Waals surface area contributed by atoms with Crippen LogP contribution in [0, 0.1) is 0 Å². The summed E-state index contributed by atoms with van der Waals surface area (Å²) >= 11 is 0. The summed E-state index contributed by atoms with van der Waals surface area (Å²) in [6.45, 7) is 3.32. The van der Waals surface area contributed by atoms with Crippen LogP contribution in [0.3, 0.4) is 0 Å². The first-order valence-electron chi connectivity index (χ1n) is 12.2. The van der Waals surface area contributed by atoms with Crippen molar-refractivity contribution in [1.82, 2.24) is 24.5 Å². The zero-order valence-corrected chi connectivity index (χ0v) is 21.4. The lowest BCUT2D eigenvalue weighted by Gasteiger charge is -2.22. The maximum atomic E-state index is 13.5. The van der Waals surface area contributed by atoms with Crippen molar-refractivity contribution in [1.29, 1.82) is 0 Å². The van der Waals surface area contributed by atoms with Crippen LogP contribution in [-0.4, -0.2) is 75.0 Å². The van der Waals surface area contributed by atoms with E-state index in [0.717, 1.165) is 35.7 Å². The summed E-state index contributed by atoms with van der Waals surface area (Å²) in [5.41, 5.74) is -1.27. The second-order valence-corrected chi connectivity index (χ2v) is 9.25. The van der Waals surface area contributed by atoms with E-state index in [9.17, 15) is 27.6 Å². The van der Waals surface area contributed by atoms with Crippen molar-refractivity contribution in [2.24, 2.45) is 0 Å². The Kier molecular flexibility index (Phi) is 9.42. The zero-order valence-electron chi connectivity index (χ0n) is 21.4. The fraction of sp³-hybridized carbons (Fsp3) is 0.440. The van der Waals surface area contributed by atoms with Gasteiger partial charge in [0, 0.05) is 24.5 Å². The number of carboxylic acid groups (broad SMARTS) is 3. The molecule has 0 aromatic carbocycles. The molecule has 0 bridgehead atoms. The van der Waals surface area contributed by atoms with E-state index in [4.69, 9.17) is 20.4 Å². The SMILES string of the molecule is CCc1cc(C(F)(F)F)n2nc(C3CCCN3Cc3ccccn3)cc2n1.O=C(O)CC(O)(CC(=O)O)C(=O)O. The molecule has 12 nitrogen and oxygen atoms in total. The van der Waals surface area contributed by atoms with Crippen molar-refractivity contribution in [3.8, 4) is 0 Å². The maximum Gasteiger partial charge on any atom is 0.433 e. The van der Waals surface area contributed by atoms with Gasteiger partial charge in [-0.2, -0.15) is 18.3 Å². The van der Waals surface area contributed by atoms with E-state index in [1.54, 1.807) is 19.2 Å². The van der Waals surface area contributed by atoms with E-state index in [2.05, 4.69) is 20.0 Å². The fourth-order valence-corrected chi connectivity index (χ4v) is 4.35. The zero-order chi connectivity index (χ0) is 29.7. The Balaban J connectivity index is 0.000000289. The molecule has 4 heterocycles. The highest BCUT2D eigenvalue weighted by molar-refractivity contribution is 5.88. The lowest BCUT2D eigenvalue weighted by Crippen LogP contribution is -2.42. The summed E-state index contributed by atoms with van der Waals surface area (Å²) in [5.74, 6) is -5.02. The van der Waals surface area contributed by atoms with Gasteiger partial charge in [0.05, 0.1) is 30.3 Å². The largest absolute Gasteiger partial charge is 0.481 e. The average Bonchev–Trinajstić information content (AvgIpc) is 3.49. The molecule has 3 aromatic rings. The Morgan fingerprint density at radius 2 is 1.73 bits per heavy atom. The number of fused-ring (bicyclic) bond motifs is 1. The predicted octanol–water partition coefficient (Wildman–Crippen LogP) is 2.79. The number of pyridine rings is 1. The molecule has 216 valence electrons. The number of halogens is 3. The number of hydrogen-bond donors (Lipinski definition) is 4. The molecule has 0 aliphatic carbocycles. The number of aryl methyl sites for hydroxylation is 1. The quantitative estimate of drug-likeness (QED) is 0.299. The first kappa shape index (κ1) is 30.4. The van der Waals surface area contributed by atoms with Crippen molar-refractivity contribution < 1.29 is 48.0 Å². The Morgan fingerprint density at radius 3 is 2.25 bits per heavy atom.